The minimum Gasteiger partial charge on any atom is -0.358 e. The molecule has 0 amide bonds. The van der Waals surface area contributed by atoms with Crippen molar-refractivity contribution in [3.8, 4) is 0 Å². The van der Waals surface area contributed by atoms with Gasteiger partial charge in [-0.05, 0) is 30.7 Å². The SMILES string of the molecule is C1=CN(c2ccccc2)CN1CCCN1C=CN(c2ccccc2)C1. The molecule has 0 aliphatic carbocycles. The Labute approximate surface area is 149 Å². The maximum Gasteiger partial charge on any atom is 0.0941 e. The van der Waals surface area contributed by atoms with E-state index in [-0.39, 0.29) is 0 Å². The summed E-state index contributed by atoms with van der Waals surface area (Å²) in [6, 6.07) is 21.1. The van der Waals surface area contributed by atoms with Crippen LogP contribution in [0.4, 0.5) is 11.4 Å². The van der Waals surface area contributed by atoms with Crippen LogP contribution in [0.5, 0.6) is 0 Å². The van der Waals surface area contributed by atoms with E-state index in [1.807, 2.05) is 0 Å². The summed E-state index contributed by atoms with van der Waals surface area (Å²) in [5.74, 6) is 0. The average molecular weight is 332 g/mol. The molecular weight excluding hydrogens is 308 g/mol. The maximum atomic E-state index is 2.38. The van der Waals surface area contributed by atoms with E-state index < -0.39 is 0 Å². The van der Waals surface area contributed by atoms with Crippen LogP contribution in [0.25, 0.3) is 0 Å². The van der Waals surface area contributed by atoms with Crippen molar-refractivity contribution < 1.29 is 0 Å². The molecule has 2 aromatic carbocycles. The molecule has 0 saturated heterocycles. The molecule has 128 valence electrons. The number of para-hydroxylation sites is 2. The minimum absolute atomic E-state index is 0.940. The van der Waals surface area contributed by atoms with Crippen LogP contribution < -0.4 is 9.80 Å². The highest BCUT2D eigenvalue weighted by Crippen LogP contribution is 2.20. The highest BCUT2D eigenvalue weighted by Gasteiger charge is 2.15. The number of hydrogen-bond donors (Lipinski definition) is 0. The molecule has 0 spiro atoms. The lowest BCUT2D eigenvalue weighted by atomic mass is 10.3. The molecule has 2 aliphatic heterocycles. The van der Waals surface area contributed by atoms with E-state index in [1.165, 1.54) is 11.4 Å². The van der Waals surface area contributed by atoms with Crippen molar-refractivity contribution in [2.24, 2.45) is 0 Å². The molecule has 0 N–H and O–H groups in total. The van der Waals surface area contributed by atoms with Gasteiger partial charge in [-0.1, -0.05) is 36.4 Å². The van der Waals surface area contributed by atoms with Gasteiger partial charge in [0, 0.05) is 49.3 Å². The summed E-state index contributed by atoms with van der Waals surface area (Å²) >= 11 is 0. The normalized spacial score (nSPS) is 16.3. The molecule has 25 heavy (non-hydrogen) atoms. The van der Waals surface area contributed by atoms with Crippen LogP contribution in [0, 0.1) is 0 Å². The van der Waals surface area contributed by atoms with Crippen LogP contribution in [-0.2, 0) is 0 Å². The molecule has 0 saturated carbocycles. The van der Waals surface area contributed by atoms with E-state index in [1.54, 1.807) is 0 Å². The standard InChI is InChI=1S/C21H24N4/c1-3-8-20(9-4-1)24-16-14-22(18-24)12-7-13-23-15-17-25(19-23)21-10-5-2-6-11-21/h1-6,8-11,14-17H,7,12-13,18-19H2. The Morgan fingerprint density at radius 2 is 1.00 bits per heavy atom. The average Bonchev–Trinajstić information content (AvgIpc) is 3.33. The van der Waals surface area contributed by atoms with Crippen molar-refractivity contribution in [2.75, 3.05) is 36.2 Å². The fourth-order valence-electron chi connectivity index (χ4n) is 3.27. The molecule has 0 fully saturated rings. The number of anilines is 2. The van der Waals surface area contributed by atoms with E-state index in [2.05, 4.69) is 105 Å². The summed E-state index contributed by atoms with van der Waals surface area (Å²) in [7, 11) is 0. The second kappa shape index (κ2) is 7.34. The van der Waals surface area contributed by atoms with Crippen LogP contribution >= 0.6 is 0 Å². The van der Waals surface area contributed by atoms with Gasteiger partial charge in [0.15, 0.2) is 0 Å². The van der Waals surface area contributed by atoms with Gasteiger partial charge in [0.05, 0.1) is 13.3 Å². The summed E-state index contributed by atoms with van der Waals surface area (Å²) in [6.45, 7) is 4.04. The van der Waals surface area contributed by atoms with E-state index in [0.717, 1.165) is 32.8 Å². The van der Waals surface area contributed by atoms with Gasteiger partial charge in [0.2, 0.25) is 0 Å². The molecule has 0 aromatic heterocycles. The van der Waals surface area contributed by atoms with Crippen molar-refractivity contribution in [3.05, 3.63) is 85.5 Å². The molecule has 0 bridgehead atoms. The van der Waals surface area contributed by atoms with E-state index in [9.17, 15) is 0 Å². The van der Waals surface area contributed by atoms with Crippen molar-refractivity contribution in [1.82, 2.24) is 9.80 Å². The Kier molecular flexibility index (Phi) is 4.59. The first-order valence-electron chi connectivity index (χ1n) is 8.87. The Morgan fingerprint density at radius 1 is 0.560 bits per heavy atom. The van der Waals surface area contributed by atoms with E-state index in [0.29, 0.717) is 0 Å². The Balaban J connectivity index is 1.20. The monoisotopic (exact) mass is 332 g/mol. The maximum absolute atomic E-state index is 2.38. The third-order valence-corrected chi connectivity index (χ3v) is 4.65. The predicted molar refractivity (Wildman–Crippen MR) is 104 cm³/mol. The molecule has 2 heterocycles. The third kappa shape index (κ3) is 3.79. The quantitative estimate of drug-likeness (QED) is 0.796. The molecule has 0 radical (unpaired) electrons. The van der Waals surface area contributed by atoms with E-state index >= 15 is 0 Å². The summed E-state index contributed by atoms with van der Waals surface area (Å²) in [5.41, 5.74) is 2.50. The summed E-state index contributed by atoms with van der Waals surface area (Å²) < 4.78 is 0. The zero-order valence-electron chi connectivity index (χ0n) is 14.4. The Bertz CT molecular complexity index is 663. The highest BCUT2D eigenvalue weighted by atomic mass is 15.4. The first kappa shape index (κ1) is 15.6. The van der Waals surface area contributed by atoms with Crippen molar-refractivity contribution in [2.45, 2.75) is 6.42 Å². The van der Waals surface area contributed by atoms with Crippen LogP contribution in [0.2, 0.25) is 0 Å². The van der Waals surface area contributed by atoms with Crippen LogP contribution in [0.3, 0.4) is 0 Å². The predicted octanol–water partition coefficient (Wildman–Crippen LogP) is 3.88. The first-order chi connectivity index (χ1) is 12.4. The Morgan fingerprint density at radius 3 is 1.44 bits per heavy atom. The second-order valence-corrected chi connectivity index (χ2v) is 6.47. The van der Waals surface area contributed by atoms with Gasteiger partial charge in [-0.25, -0.2) is 0 Å². The van der Waals surface area contributed by atoms with Gasteiger partial charge in [0.1, 0.15) is 0 Å². The summed E-state index contributed by atoms with van der Waals surface area (Å²) in [4.78, 5) is 9.32. The molecule has 4 heteroatoms. The first-order valence-corrected chi connectivity index (χ1v) is 8.87. The minimum atomic E-state index is 0.940. The van der Waals surface area contributed by atoms with Gasteiger partial charge >= 0.3 is 0 Å². The van der Waals surface area contributed by atoms with Gasteiger partial charge in [-0.2, -0.15) is 0 Å². The van der Waals surface area contributed by atoms with Crippen LogP contribution in [0.15, 0.2) is 85.5 Å². The molecule has 2 aliphatic rings. The van der Waals surface area contributed by atoms with Gasteiger partial charge in [0.25, 0.3) is 0 Å². The summed E-state index contributed by atoms with van der Waals surface area (Å²) in [6.07, 6.45) is 9.89. The molecule has 4 nitrogen and oxygen atoms in total. The molecule has 0 unspecified atom stereocenters. The zero-order valence-corrected chi connectivity index (χ0v) is 14.4. The van der Waals surface area contributed by atoms with Gasteiger partial charge in [-0.15, -0.1) is 0 Å². The second-order valence-electron chi connectivity index (χ2n) is 6.47. The zero-order chi connectivity index (χ0) is 16.9. The fourth-order valence-corrected chi connectivity index (χ4v) is 3.27. The number of rotatable bonds is 6. The van der Waals surface area contributed by atoms with Crippen molar-refractivity contribution in [1.29, 1.82) is 0 Å². The van der Waals surface area contributed by atoms with Gasteiger partial charge in [-0.3, -0.25) is 0 Å². The van der Waals surface area contributed by atoms with Crippen LogP contribution in [0.1, 0.15) is 6.42 Å². The molecule has 2 aromatic rings. The molecule has 0 atom stereocenters. The third-order valence-electron chi connectivity index (χ3n) is 4.65. The Hall–Kier alpha value is -2.88. The fraction of sp³-hybridized carbons (Fsp3) is 0.238. The van der Waals surface area contributed by atoms with Crippen molar-refractivity contribution >= 4 is 11.4 Å². The number of nitrogens with zero attached hydrogens (tertiary/aromatic N) is 4. The number of benzene rings is 2. The van der Waals surface area contributed by atoms with Gasteiger partial charge < -0.3 is 19.6 Å². The topological polar surface area (TPSA) is 13.0 Å². The smallest absolute Gasteiger partial charge is 0.0941 e. The lowest BCUT2D eigenvalue weighted by molar-refractivity contribution is 0.341. The van der Waals surface area contributed by atoms with Crippen molar-refractivity contribution in [3.63, 3.8) is 0 Å². The van der Waals surface area contributed by atoms with E-state index in [4.69, 9.17) is 0 Å². The highest BCUT2D eigenvalue weighted by molar-refractivity contribution is 5.50. The lowest BCUT2D eigenvalue weighted by Gasteiger charge is -2.24. The molecular formula is C21H24N4. The summed E-state index contributed by atoms with van der Waals surface area (Å²) in [5, 5.41) is 0. The number of hydrogen-bond acceptors (Lipinski definition) is 4. The van der Waals surface area contributed by atoms with Crippen LogP contribution in [-0.4, -0.2) is 36.2 Å². The molecule has 4 rings (SSSR count). The largest absolute Gasteiger partial charge is 0.358 e. The lowest BCUT2D eigenvalue weighted by Crippen LogP contribution is -2.29.